The summed E-state index contributed by atoms with van der Waals surface area (Å²) in [6, 6.07) is 0.660. The van der Waals surface area contributed by atoms with E-state index in [0.717, 1.165) is 0 Å². The van der Waals surface area contributed by atoms with Gasteiger partial charge in [0.2, 0.25) is 0 Å². The molecule has 1 atom stereocenters. The Hall–Kier alpha value is 0.270. The first-order chi connectivity index (χ1) is 7.83. The third-order valence-corrected chi connectivity index (χ3v) is 3.95. The number of nitrogens with zero attached hydrogens (tertiary/aromatic N) is 1. The van der Waals surface area contributed by atoms with Crippen molar-refractivity contribution in [2.24, 2.45) is 0 Å². The summed E-state index contributed by atoms with van der Waals surface area (Å²) in [5.74, 6) is 1.31. The van der Waals surface area contributed by atoms with E-state index < -0.39 is 0 Å². The molecule has 0 saturated carbocycles. The summed E-state index contributed by atoms with van der Waals surface area (Å²) >= 11 is 1.95. The minimum atomic E-state index is 0.660. The summed E-state index contributed by atoms with van der Waals surface area (Å²) in [4.78, 5) is 2.61. The molecule has 0 amide bonds. The zero-order chi connectivity index (χ0) is 11.6. The molecule has 0 radical (unpaired) electrons. The molecular formula is C13H28N2S. The van der Waals surface area contributed by atoms with Crippen LogP contribution in [0.4, 0.5) is 0 Å². The van der Waals surface area contributed by atoms with Gasteiger partial charge >= 0.3 is 0 Å². The van der Waals surface area contributed by atoms with E-state index in [-0.39, 0.29) is 0 Å². The number of nitrogens with one attached hydrogen (secondary N) is 1. The molecule has 1 aliphatic heterocycles. The highest BCUT2D eigenvalue weighted by molar-refractivity contribution is 7.98. The maximum absolute atomic E-state index is 3.64. The van der Waals surface area contributed by atoms with Gasteiger partial charge in [-0.1, -0.05) is 6.42 Å². The minimum Gasteiger partial charge on any atom is -0.313 e. The van der Waals surface area contributed by atoms with E-state index in [9.17, 15) is 0 Å². The van der Waals surface area contributed by atoms with E-state index in [1.807, 2.05) is 11.8 Å². The van der Waals surface area contributed by atoms with Crippen LogP contribution in [-0.4, -0.2) is 49.1 Å². The molecule has 16 heavy (non-hydrogen) atoms. The first-order valence-corrected chi connectivity index (χ1v) is 8.17. The van der Waals surface area contributed by atoms with Gasteiger partial charge in [-0.25, -0.2) is 0 Å². The van der Waals surface area contributed by atoms with Gasteiger partial charge in [0.1, 0.15) is 0 Å². The molecule has 1 heterocycles. The van der Waals surface area contributed by atoms with Crippen LogP contribution in [0.25, 0.3) is 0 Å². The fraction of sp³-hybridized carbons (Fsp3) is 1.00. The number of thioether (sulfide) groups is 1. The predicted octanol–water partition coefficient (Wildman–Crippen LogP) is 2.59. The maximum atomic E-state index is 3.64. The second-order valence-electron chi connectivity index (χ2n) is 4.92. The van der Waals surface area contributed by atoms with Gasteiger partial charge in [0.25, 0.3) is 0 Å². The van der Waals surface area contributed by atoms with E-state index in [2.05, 4.69) is 23.4 Å². The molecule has 1 N–H and O–H groups in total. The van der Waals surface area contributed by atoms with Crippen molar-refractivity contribution in [3.05, 3.63) is 0 Å². The van der Waals surface area contributed by atoms with Crippen molar-refractivity contribution in [1.82, 2.24) is 10.2 Å². The fourth-order valence-corrected chi connectivity index (χ4v) is 2.81. The Labute approximate surface area is 106 Å². The van der Waals surface area contributed by atoms with E-state index in [1.165, 1.54) is 64.0 Å². The highest BCUT2D eigenvalue weighted by atomic mass is 32.2. The van der Waals surface area contributed by atoms with Crippen molar-refractivity contribution in [1.29, 1.82) is 0 Å². The molecule has 1 saturated heterocycles. The third-order valence-electron chi connectivity index (χ3n) is 3.25. The molecule has 1 rings (SSSR count). The Morgan fingerprint density at radius 3 is 2.62 bits per heavy atom. The van der Waals surface area contributed by atoms with Gasteiger partial charge in [0.05, 0.1) is 0 Å². The van der Waals surface area contributed by atoms with Crippen molar-refractivity contribution >= 4 is 11.8 Å². The molecule has 0 bridgehead atoms. The van der Waals surface area contributed by atoms with Crippen molar-refractivity contribution in [3.8, 4) is 0 Å². The average Bonchev–Trinajstić information content (AvgIpc) is 2.30. The largest absolute Gasteiger partial charge is 0.313 e. The van der Waals surface area contributed by atoms with Crippen LogP contribution in [0.1, 0.15) is 39.0 Å². The van der Waals surface area contributed by atoms with E-state index in [4.69, 9.17) is 0 Å². The summed E-state index contributed by atoms with van der Waals surface area (Å²) in [7, 11) is 0. The van der Waals surface area contributed by atoms with Gasteiger partial charge in [-0.15, -0.1) is 0 Å². The molecule has 0 aromatic carbocycles. The molecule has 1 unspecified atom stereocenters. The van der Waals surface area contributed by atoms with E-state index in [0.29, 0.717) is 6.04 Å². The summed E-state index contributed by atoms with van der Waals surface area (Å²) in [6.07, 6.45) is 9.11. The van der Waals surface area contributed by atoms with E-state index in [1.54, 1.807) is 0 Å². The Morgan fingerprint density at radius 2 is 1.94 bits per heavy atom. The van der Waals surface area contributed by atoms with Crippen molar-refractivity contribution < 1.29 is 0 Å². The second kappa shape index (κ2) is 9.32. The zero-order valence-corrected chi connectivity index (χ0v) is 11.8. The Morgan fingerprint density at radius 1 is 1.19 bits per heavy atom. The maximum Gasteiger partial charge on any atom is 0.0166 e. The monoisotopic (exact) mass is 244 g/mol. The standard InChI is InChI=1S/C13H28N2S/c1-13(14-8-4-7-11-16-2)12-15-9-5-3-6-10-15/h13-14H,3-12H2,1-2H3. The first kappa shape index (κ1) is 14.3. The average molecular weight is 244 g/mol. The lowest BCUT2D eigenvalue weighted by molar-refractivity contribution is 0.209. The number of unbranched alkanes of at least 4 members (excludes halogenated alkanes) is 1. The Bertz CT molecular complexity index is 158. The van der Waals surface area contributed by atoms with Gasteiger partial charge in [0, 0.05) is 12.6 Å². The molecule has 0 aromatic heterocycles. The molecule has 96 valence electrons. The molecule has 1 aliphatic rings. The molecular weight excluding hydrogens is 216 g/mol. The van der Waals surface area contributed by atoms with Gasteiger partial charge in [-0.2, -0.15) is 11.8 Å². The number of piperidine rings is 1. The van der Waals surface area contributed by atoms with Crippen LogP contribution in [0.3, 0.4) is 0 Å². The molecule has 0 aromatic rings. The Kier molecular flexibility index (Phi) is 8.34. The van der Waals surface area contributed by atoms with Crippen LogP contribution in [0, 0.1) is 0 Å². The summed E-state index contributed by atoms with van der Waals surface area (Å²) in [6.45, 7) is 7.39. The van der Waals surface area contributed by atoms with Gasteiger partial charge in [-0.05, 0) is 64.2 Å². The smallest absolute Gasteiger partial charge is 0.0166 e. The molecule has 0 aliphatic carbocycles. The summed E-state index contributed by atoms with van der Waals surface area (Å²) < 4.78 is 0. The summed E-state index contributed by atoms with van der Waals surface area (Å²) in [5.41, 5.74) is 0. The van der Waals surface area contributed by atoms with Gasteiger partial charge in [0.15, 0.2) is 0 Å². The quantitative estimate of drug-likeness (QED) is 0.661. The number of hydrogen-bond donors (Lipinski definition) is 1. The van der Waals surface area contributed by atoms with Crippen LogP contribution in [0.5, 0.6) is 0 Å². The van der Waals surface area contributed by atoms with Gasteiger partial charge in [-0.3, -0.25) is 0 Å². The third kappa shape index (κ3) is 6.77. The highest BCUT2D eigenvalue weighted by Gasteiger charge is 2.12. The highest BCUT2D eigenvalue weighted by Crippen LogP contribution is 2.08. The first-order valence-electron chi connectivity index (χ1n) is 6.77. The lowest BCUT2D eigenvalue weighted by Gasteiger charge is -2.29. The SMILES string of the molecule is CSCCCCNC(C)CN1CCCCC1. The van der Waals surface area contributed by atoms with Crippen LogP contribution in [-0.2, 0) is 0 Å². The lowest BCUT2D eigenvalue weighted by Crippen LogP contribution is -2.41. The topological polar surface area (TPSA) is 15.3 Å². The van der Waals surface area contributed by atoms with Gasteiger partial charge < -0.3 is 10.2 Å². The second-order valence-corrected chi connectivity index (χ2v) is 5.90. The number of rotatable bonds is 8. The molecule has 3 heteroatoms. The fourth-order valence-electron chi connectivity index (χ4n) is 2.31. The lowest BCUT2D eigenvalue weighted by atomic mass is 10.1. The van der Waals surface area contributed by atoms with Crippen LogP contribution >= 0.6 is 11.8 Å². The van der Waals surface area contributed by atoms with Crippen LogP contribution in [0.2, 0.25) is 0 Å². The number of likely N-dealkylation sites (tertiary alicyclic amines) is 1. The van der Waals surface area contributed by atoms with Crippen molar-refractivity contribution in [3.63, 3.8) is 0 Å². The normalized spacial score (nSPS) is 19.9. The predicted molar refractivity (Wildman–Crippen MR) is 75.4 cm³/mol. The Balaban J connectivity index is 1.95. The molecule has 2 nitrogen and oxygen atoms in total. The molecule has 1 fully saturated rings. The van der Waals surface area contributed by atoms with Crippen molar-refractivity contribution in [2.45, 2.75) is 45.1 Å². The van der Waals surface area contributed by atoms with Crippen LogP contribution < -0.4 is 5.32 Å². The van der Waals surface area contributed by atoms with Crippen LogP contribution in [0.15, 0.2) is 0 Å². The molecule has 0 spiro atoms. The summed E-state index contributed by atoms with van der Waals surface area (Å²) in [5, 5.41) is 3.64. The zero-order valence-electron chi connectivity index (χ0n) is 11.0. The van der Waals surface area contributed by atoms with Crippen molar-refractivity contribution in [2.75, 3.05) is 38.2 Å². The van der Waals surface area contributed by atoms with E-state index >= 15 is 0 Å². The number of hydrogen-bond acceptors (Lipinski definition) is 3. The minimum absolute atomic E-state index is 0.660.